The lowest BCUT2D eigenvalue weighted by Gasteiger charge is -2.20. The van der Waals surface area contributed by atoms with Gasteiger partial charge in [0.2, 0.25) is 5.91 Å². The summed E-state index contributed by atoms with van der Waals surface area (Å²) in [4.78, 5) is 26.9. The van der Waals surface area contributed by atoms with Crippen molar-refractivity contribution in [3.8, 4) is 0 Å². The van der Waals surface area contributed by atoms with Crippen LogP contribution < -0.4 is 16.4 Å². The number of hydrogen-bond acceptors (Lipinski definition) is 4. The number of nitrogens with two attached hydrogens (primary N) is 1. The van der Waals surface area contributed by atoms with Crippen LogP contribution in [0.3, 0.4) is 0 Å². The predicted octanol–water partition coefficient (Wildman–Crippen LogP) is 0.365. The quantitative estimate of drug-likeness (QED) is 0.703. The average Bonchev–Trinajstić information content (AvgIpc) is 2.36. The third kappa shape index (κ3) is 3.44. The van der Waals surface area contributed by atoms with Gasteiger partial charge in [-0.3, -0.25) is 14.6 Å². The van der Waals surface area contributed by atoms with E-state index in [2.05, 4.69) is 15.6 Å². The van der Waals surface area contributed by atoms with Gasteiger partial charge in [-0.25, -0.2) is 0 Å². The molecule has 1 rings (SSSR count). The molecule has 6 nitrogen and oxygen atoms in total. The number of rotatable bonds is 5. The minimum absolute atomic E-state index is 0.173. The molecule has 0 saturated heterocycles. The van der Waals surface area contributed by atoms with Crippen molar-refractivity contribution in [3.63, 3.8) is 0 Å². The molecular formula is C12H18N4O2. The first-order valence-corrected chi connectivity index (χ1v) is 5.59. The Kier molecular flexibility index (Phi) is 4.25. The highest BCUT2D eigenvalue weighted by atomic mass is 16.2. The Morgan fingerprint density at radius 3 is 2.67 bits per heavy atom. The van der Waals surface area contributed by atoms with Gasteiger partial charge >= 0.3 is 0 Å². The van der Waals surface area contributed by atoms with E-state index in [1.807, 2.05) is 0 Å². The molecule has 1 aromatic heterocycles. The maximum Gasteiger partial charge on any atom is 0.269 e. The number of nitrogens with zero attached hydrogens (tertiary/aromatic N) is 1. The molecule has 0 fully saturated rings. The monoisotopic (exact) mass is 250 g/mol. The van der Waals surface area contributed by atoms with Gasteiger partial charge in [-0.1, -0.05) is 0 Å². The molecule has 0 aliphatic carbocycles. The van der Waals surface area contributed by atoms with E-state index < -0.39 is 11.3 Å². The van der Waals surface area contributed by atoms with Crippen LogP contribution in [0, 0.1) is 5.41 Å². The van der Waals surface area contributed by atoms with Crippen LogP contribution in [-0.2, 0) is 4.79 Å². The molecule has 6 heteroatoms. The molecule has 0 atom stereocenters. The summed E-state index contributed by atoms with van der Waals surface area (Å²) in [7, 11) is 1.76. The number of carbonyl (C=O) groups is 2. The second-order valence-corrected chi connectivity index (χ2v) is 4.61. The zero-order valence-electron chi connectivity index (χ0n) is 10.8. The molecule has 0 unspecified atom stereocenters. The molecule has 98 valence electrons. The number of amides is 2. The van der Waals surface area contributed by atoms with Crippen molar-refractivity contribution in [1.29, 1.82) is 0 Å². The van der Waals surface area contributed by atoms with Gasteiger partial charge in [0.25, 0.3) is 5.91 Å². The Bertz CT molecular complexity index is 457. The topological polar surface area (TPSA) is 97.1 Å². The van der Waals surface area contributed by atoms with Gasteiger partial charge in [-0.05, 0) is 26.0 Å². The van der Waals surface area contributed by atoms with Gasteiger partial charge < -0.3 is 16.4 Å². The average molecular weight is 250 g/mol. The normalized spacial score (nSPS) is 10.8. The van der Waals surface area contributed by atoms with Crippen molar-refractivity contribution in [1.82, 2.24) is 10.3 Å². The van der Waals surface area contributed by atoms with Crippen LogP contribution in [-0.4, -0.2) is 30.4 Å². The first kappa shape index (κ1) is 14.0. The lowest BCUT2D eigenvalue weighted by molar-refractivity contribution is -0.125. The number of primary amides is 1. The Labute approximate surface area is 106 Å². The van der Waals surface area contributed by atoms with Crippen LogP contribution in [0.4, 0.5) is 5.69 Å². The van der Waals surface area contributed by atoms with E-state index in [1.54, 1.807) is 39.2 Å². The summed E-state index contributed by atoms with van der Waals surface area (Å²) in [6, 6.07) is 3.39. The summed E-state index contributed by atoms with van der Waals surface area (Å²) in [5.41, 5.74) is 5.53. The van der Waals surface area contributed by atoms with E-state index in [4.69, 9.17) is 5.73 Å². The summed E-state index contributed by atoms with van der Waals surface area (Å²) >= 11 is 0. The van der Waals surface area contributed by atoms with Crippen molar-refractivity contribution < 1.29 is 9.59 Å². The van der Waals surface area contributed by atoms with Crippen molar-refractivity contribution in [2.45, 2.75) is 13.8 Å². The zero-order chi connectivity index (χ0) is 13.8. The third-order valence-electron chi connectivity index (χ3n) is 2.64. The number of pyridine rings is 1. The standard InChI is InChI=1S/C12H18N4O2/c1-12(2,11(13)18)7-16-10(17)9-6-8(14-3)4-5-15-9/h4-6H,7H2,1-3H3,(H2,13,18)(H,14,15)(H,16,17). The van der Waals surface area contributed by atoms with E-state index in [1.165, 1.54) is 0 Å². The largest absolute Gasteiger partial charge is 0.388 e. The van der Waals surface area contributed by atoms with Crippen LogP contribution in [0.1, 0.15) is 24.3 Å². The third-order valence-corrected chi connectivity index (χ3v) is 2.64. The molecular weight excluding hydrogens is 232 g/mol. The van der Waals surface area contributed by atoms with Gasteiger partial charge in [0, 0.05) is 25.5 Å². The number of anilines is 1. The lowest BCUT2D eigenvalue weighted by Crippen LogP contribution is -2.42. The molecule has 18 heavy (non-hydrogen) atoms. The highest BCUT2D eigenvalue weighted by Crippen LogP contribution is 2.12. The Morgan fingerprint density at radius 2 is 2.11 bits per heavy atom. The van der Waals surface area contributed by atoms with Crippen molar-refractivity contribution >= 4 is 17.5 Å². The number of nitrogens with one attached hydrogen (secondary N) is 2. The smallest absolute Gasteiger partial charge is 0.269 e. The van der Waals surface area contributed by atoms with E-state index in [-0.39, 0.29) is 12.5 Å². The van der Waals surface area contributed by atoms with Crippen LogP contribution in [0.25, 0.3) is 0 Å². The van der Waals surface area contributed by atoms with Gasteiger partial charge in [0.1, 0.15) is 5.69 Å². The second-order valence-electron chi connectivity index (χ2n) is 4.61. The molecule has 1 heterocycles. The molecule has 2 amide bonds. The van der Waals surface area contributed by atoms with E-state index in [0.717, 1.165) is 5.69 Å². The molecule has 0 spiro atoms. The molecule has 0 radical (unpaired) electrons. The van der Waals surface area contributed by atoms with Crippen molar-refractivity contribution in [2.75, 3.05) is 18.9 Å². The van der Waals surface area contributed by atoms with E-state index >= 15 is 0 Å². The predicted molar refractivity (Wildman–Crippen MR) is 69.1 cm³/mol. The van der Waals surface area contributed by atoms with Gasteiger partial charge in [0.05, 0.1) is 5.41 Å². The Balaban J connectivity index is 2.68. The molecule has 4 N–H and O–H groups in total. The summed E-state index contributed by atoms with van der Waals surface area (Å²) < 4.78 is 0. The maximum absolute atomic E-state index is 11.8. The van der Waals surface area contributed by atoms with Crippen LogP contribution in [0.5, 0.6) is 0 Å². The first-order valence-electron chi connectivity index (χ1n) is 5.59. The fourth-order valence-electron chi connectivity index (χ4n) is 1.19. The second kappa shape index (κ2) is 5.48. The van der Waals surface area contributed by atoms with Crippen LogP contribution in [0.15, 0.2) is 18.3 Å². The highest BCUT2D eigenvalue weighted by Gasteiger charge is 2.25. The number of aromatic nitrogens is 1. The summed E-state index contributed by atoms with van der Waals surface area (Å²) in [6.07, 6.45) is 1.54. The lowest BCUT2D eigenvalue weighted by atomic mass is 9.93. The SMILES string of the molecule is CNc1ccnc(C(=O)NCC(C)(C)C(N)=O)c1. The summed E-state index contributed by atoms with van der Waals surface area (Å²) in [5.74, 6) is -0.791. The minimum atomic E-state index is -0.781. The first-order chi connectivity index (χ1) is 8.36. The van der Waals surface area contributed by atoms with E-state index in [0.29, 0.717) is 5.69 Å². The zero-order valence-corrected chi connectivity index (χ0v) is 10.8. The Morgan fingerprint density at radius 1 is 1.44 bits per heavy atom. The number of carbonyl (C=O) groups excluding carboxylic acids is 2. The number of hydrogen-bond donors (Lipinski definition) is 3. The molecule has 0 bridgehead atoms. The van der Waals surface area contributed by atoms with Crippen molar-refractivity contribution in [2.24, 2.45) is 11.1 Å². The molecule has 0 saturated carbocycles. The molecule has 0 aliphatic rings. The van der Waals surface area contributed by atoms with E-state index in [9.17, 15) is 9.59 Å². The van der Waals surface area contributed by atoms with Crippen LogP contribution >= 0.6 is 0 Å². The maximum atomic E-state index is 11.8. The van der Waals surface area contributed by atoms with Gasteiger partial charge in [0.15, 0.2) is 0 Å². The summed E-state index contributed by atoms with van der Waals surface area (Å²) in [6.45, 7) is 3.52. The fourth-order valence-corrected chi connectivity index (χ4v) is 1.19. The Hall–Kier alpha value is -2.11. The highest BCUT2D eigenvalue weighted by molar-refractivity contribution is 5.93. The summed E-state index contributed by atoms with van der Waals surface area (Å²) in [5, 5.41) is 5.56. The van der Waals surface area contributed by atoms with Gasteiger partial charge in [-0.2, -0.15) is 0 Å². The molecule has 0 aromatic carbocycles. The molecule has 0 aliphatic heterocycles. The van der Waals surface area contributed by atoms with Gasteiger partial charge in [-0.15, -0.1) is 0 Å². The fraction of sp³-hybridized carbons (Fsp3) is 0.417. The van der Waals surface area contributed by atoms with Crippen LogP contribution in [0.2, 0.25) is 0 Å². The van der Waals surface area contributed by atoms with Crippen molar-refractivity contribution in [3.05, 3.63) is 24.0 Å². The molecule has 1 aromatic rings. The minimum Gasteiger partial charge on any atom is -0.388 e.